The van der Waals surface area contributed by atoms with Crippen molar-refractivity contribution in [2.24, 2.45) is 16.6 Å². The number of aliphatic imine (C=N–C) groups is 1. The highest BCUT2D eigenvalue weighted by Gasteiger charge is 2.34. The summed E-state index contributed by atoms with van der Waals surface area (Å²) in [5, 5.41) is 0.0290. The standard InChI is InChI=1S/C11H10ClF3N2/c12-7-3-4-9(8(5-7)11(13,14)15)17-10(16)6-1-2-6/h3-6H,1-2H2,(H2,16,17). The van der Waals surface area contributed by atoms with E-state index in [1.807, 2.05) is 0 Å². The molecule has 0 radical (unpaired) electrons. The summed E-state index contributed by atoms with van der Waals surface area (Å²) < 4.78 is 38.2. The molecule has 0 unspecified atom stereocenters. The maximum atomic E-state index is 12.7. The molecule has 0 atom stereocenters. The van der Waals surface area contributed by atoms with Gasteiger partial charge in [-0.05, 0) is 31.0 Å². The number of amidine groups is 1. The van der Waals surface area contributed by atoms with E-state index in [4.69, 9.17) is 17.3 Å². The zero-order valence-corrected chi connectivity index (χ0v) is 9.52. The van der Waals surface area contributed by atoms with E-state index >= 15 is 0 Å². The lowest BCUT2D eigenvalue weighted by Gasteiger charge is -2.10. The van der Waals surface area contributed by atoms with Gasteiger partial charge in [-0.15, -0.1) is 0 Å². The predicted octanol–water partition coefficient (Wildman–Crippen LogP) is 3.76. The zero-order valence-electron chi connectivity index (χ0n) is 8.76. The molecule has 0 spiro atoms. The van der Waals surface area contributed by atoms with Crippen molar-refractivity contribution < 1.29 is 13.2 Å². The molecular formula is C11H10ClF3N2. The number of hydrogen-bond acceptors (Lipinski definition) is 1. The molecule has 0 heterocycles. The lowest BCUT2D eigenvalue weighted by atomic mass is 10.1. The summed E-state index contributed by atoms with van der Waals surface area (Å²) in [5.74, 6) is 0.393. The van der Waals surface area contributed by atoms with Crippen LogP contribution in [0.2, 0.25) is 5.02 Å². The van der Waals surface area contributed by atoms with Gasteiger partial charge in [-0.3, -0.25) is 0 Å². The highest BCUT2D eigenvalue weighted by Crippen LogP contribution is 2.39. The number of benzene rings is 1. The van der Waals surface area contributed by atoms with Crippen LogP contribution in [0.15, 0.2) is 23.2 Å². The smallest absolute Gasteiger partial charge is 0.387 e. The van der Waals surface area contributed by atoms with E-state index in [2.05, 4.69) is 4.99 Å². The Morgan fingerprint density at radius 2 is 2.00 bits per heavy atom. The SMILES string of the molecule is NC(=Nc1ccc(Cl)cc1C(F)(F)F)C1CC1. The predicted molar refractivity (Wildman–Crippen MR) is 60.5 cm³/mol. The Bertz CT molecular complexity index is 464. The van der Waals surface area contributed by atoms with Crippen LogP contribution in [-0.4, -0.2) is 5.84 Å². The van der Waals surface area contributed by atoms with Crippen LogP contribution in [0, 0.1) is 5.92 Å². The summed E-state index contributed by atoms with van der Waals surface area (Å²) in [4.78, 5) is 3.84. The molecule has 2 N–H and O–H groups in total. The van der Waals surface area contributed by atoms with Crippen LogP contribution < -0.4 is 5.73 Å². The number of halogens is 4. The zero-order chi connectivity index (χ0) is 12.6. The second-order valence-corrected chi connectivity index (χ2v) is 4.41. The molecular weight excluding hydrogens is 253 g/mol. The second-order valence-electron chi connectivity index (χ2n) is 3.97. The number of alkyl halides is 3. The summed E-state index contributed by atoms with van der Waals surface area (Å²) >= 11 is 5.55. The summed E-state index contributed by atoms with van der Waals surface area (Å²) in [6.07, 6.45) is -2.69. The molecule has 6 heteroatoms. The van der Waals surface area contributed by atoms with E-state index in [1.165, 1.54) is 12.1 Å². The average molecular weight is 263 g/mol. The molecule has 1 saturated carbocycles. The molecule has 0 saturated heterocycles. The van der Waals surface area contributed by atoms with Crippen LogP contribution in [0.1, 0.15) is 18.4 Å². The van der Waals surface area contributed by atoms with Gasteiger partial charge in [0.05, 0.1) is 11.3 Å². The molecule has 0 aromatic heterocycles. The maximum Gasteiger partial charge on any atom is 0.418 e. The van der Waals surface area contributed by atoms with Gasteiger partial charge < -0.3 is 5.73 Å². The number of nitrogens with zero attached hydrogens (tertiary/aromatic N) is 1. The van der Waals surface area contributed by atoms with Gasteiger partial charge in [0, 0.05) is 10.9 Å². The highest BCUT2D eigenvalue weighted by atomic mass is 35.5. The van der Waals surface area contributed by atoms with E-state index in [0.717, 1.165) is 18.9 Å². The molecule has 17 heavy (non-hydrogen) atoms. The van der Waals surface area contributed by atoms with Crippen molar-refractivity contribution in [1.82, 2.24) is 0 Å². The van der Waals surface area contributed by atoms with Crippen LogP contribution in [0.25, 0.3) is 0 Å². The monoisotopic (exact) mass is 262 g/mol. The Kier molecular flexibility index (Phi) is 3.03. The maximum absolute atomic E-state index is 12.7. The minimum absolute atomic E-state index is 0.0290. The van der Waals surface area contributed by atoms with Gasteiger partial charge in [0.15, 0.2) is 0 Å². The first kappa shape index (κ1) is 12.2. The first-order chi connectivity index (χ1) is 7.88. The van der Waals surface area contributed by atoms with Crippen LogP contribution in [-0.2, 0) is 6.18 Å². The van der Waals surface area contributed by atoms with Crippen LogP contribution in [0.4, 0.5) is 18.9 Å². The van der Waals surface area contributed by atoms with Crippen molar-refractivity contribution in [3.8, 4) is 0 Å². The Labute approximate surface area is 101 Å². The van der Waals surface area contributed by atoms with Gasteiger partial charge in [-0.2, -0.15) is 13.2 Å². The number of rotatable bonds is 2. The van der Waals surface area contributed by atoms with Crippen LogP contribution >= 0.6 is 11.6 Å². The third-order valence-corrected chi connectivity index (χ3v) is 2.74. The lowest BCUT2D eigenvalue weighted by Crippen LogP contribution is -2.14. The average Bonchev–Trinajstić information content (AvgIpc) is 3.02. The van der Waals surface area contributed by atoms with Crippen molar-refractivity contribution in [3.05, 3.63) is 28.8 Å². The summed E-state index contributed by atoms with van der Waals surface area (Å²) in [5.41, 5.74) is 4.58. The number of nitrogens with two attached hydrogens (primary N) is 1. The fourth-order valence-electron chi connectivity index (χ4n) is 1.44. The van der Waals surface area contributed by atoms with E-state index in [9.17, 15) is 13.2 Å². The molecule has 0 bridgehead atoms. The molecule has 0 amide bonds. The molecule has 1 fully saturated rings. The Morgan fingerprint density at radius 3 is 2.53 bits per heavy atom. The highest BCUT2D eigenvalue weighted by molar-refractivity contribution is 6.30. The third-order valence-electron chi connectivity index (χ3n) is 2.51. The van der Waals surface area contributed by atoms with Gasteiger partial charge in [0.1, 0.15) is 5.84 Å². The Hall–Kier alpha value is -1.23. The van der Waals surface area contributed by atoms with E-state index in [0.29, 0.717) is 0 Å². The number of hydrogen-bond donors (Lipinski definition) is 1. The molecule has 0 aliphatic heterocycles. The molecule has 1 aromatic rings. The van der Waals surface area contributed by atoms with Gasteiger partial charge in [-0.1, -0.05) is 11.6 Å². The van der Waals surface area contributed by atoms with Crippen molar-refractivity contribution in [3.63, 3.8) is 0 Å². The Morgan fingerprint density at radius 1 is 1.35 bits per heavy atom. The topological polar surface area (TPSA) is 38.4 Å². The minimum Gasteiger partial charge on any atom is -0.387 e. The van der Waals surface area contributed by atoms with Gasteiger partial charge in [-0.25, -0.2) is 4.99 Å². The summed E-state index contributed by atoms with van der Waals surface area (Å²) in [7, 11) is 0. The van der Waals surface area contributed by atoms with Crippen LogP contribution in [0.3, 0.4) is 0 Å². The van der Waals surface area contributed by atoms with Gasteiger partial charge >= 0.3 is 6.18 Å². The summed E-state index contributed by atoms with van der Waals surface area (Å²) in [6, 6.07) is 3.47. The molecule has 1 aliphatic carbocycles. The van der Waals surface area contributed by atoms with Crippen molar-refractivity contribution in [2.45, 2.75) is 19.0 Å². The van der Waals surface area contributed by atoms with Gasteiger partial charge in [0.2, 0.25) is 0 Å². The van der Waals surface area contributed by atoms with Crippen LogP contribution in [0.5, 0.6) is 0 Å². The fourth-order valence-corrected chi connectivity index (χ4v) is 1.61. The molecule has 2 nitrogen and oxygen atoms in total. The quantitative estimate of drug-likeness (QED) is 0.640. The second kappa shape index (κ2) is 4.22. The minimum atomic E-state index is -4.48. The van der Waals surface area contributed by atoms with Crippen molar-refractivity contribution in [1.29, 1.82) is 0 Å². The van der Waals surface area contributed by atoms with Crippen molar-refractivity contribution >= 4 is 23.1 Å². The van der Waals surface area contributed by atoms with Gasteiger partial charge in [0.25, 0.3) is 0 Å². The first-order valence-corrected chi connectivity index (χ1v) is 5.46. The molecule has 92 valence electrons. The third kappa shape index (κ3) is 2.91. The lowest BCUT2D eigenvalue weighted by molar-refractivity contribution is -0.137. The molecule has 1 aliphatic rings. The van der Waals surface area contributed by atoms with E-state index in [-0.39, 0.29) is 22.5 Å². The Balaban J connectivity index is 2.42. The van der Waals surface area contributed by atoms with E-state index in [1.54, 1.807) is 0 Å². The first-order valence-electron chi connectivity index (χ1n) is 5.09. The molecule has 2 rings (SSSR count). The molecule has 1 aromatic carbocycles. The largest absolute Gasteiger partial charge is 0.418 e. The summed E-state index contributed by atoms with van der Waals surface area (Å²) in [6.45, 7) is 0. The normalized spacial score (nSPS) is 17.3. The fraction of sp³-hybridized carbons (Fsp3) is 0.364. The van der Waals surface area contributed by atoms with Crippen molar-refractivity contribution in [2.75, 3.05) is 0 Å². The van der Waals surface area contributed by atoms with E-state index < -0.39 is 11.7 Å².